The first-order chi connectivity index (χ1) is 6.72. The molecule has 0 fully saturated rings. The van der Waals surface area contributed by atoms with Crippen LogP contribution in [0.1, 0.15) is 0 Å². The predicted octanol–water partition coefficient (Wildman–Crippen LogP) is 1.000. The van der Waals surface area contributed by atoms with E-state index in [0.29, 0.717) is 0 Å². The molecule has 0 aromatic carbocycles. The van der Waals surface area contributed by atoms with Gasteiger partial charge in [-0.25, -0.2) is 8.42 Å². The monoisotopic (exact) mass is 240 g/mol. The molecule has 0 unspecified atom stereocenters. The van der Waals surface area contributed by atoms with Gasteiger partial charge in [-0.2, -0.15) is 13.2 Å². The molecule has 2 N–H and O–H groups in total. The second-order valence-corrected chi connectivity index (χ2v) is 4.75. The van der Waals surface area contributed by atoms with Crippen molar-refractivity contribution >= 4 is 15.5 Å². The number of sulfone groups is 1. The number of pyridine rings is 1. The Kier molecular flexibility index (Phi) is 2.89. The van der Waals surface area contributed by atoms with Crippen LogP contribution in [0.2, 0.25) is 0 Å². The molecule has 0 amide bonds. The van der Waals surface area contributed by atoms with E-state index in [-0.39, 0.29) is 5.69 Å². The molecule has 0 saturated carbocycles. The first kappa shape index (κ1) is 11.8. The lowest BCUT2D eigenvalue weighted by molar-refractivity contribution is -0.106. The number of alkyl halides is 3. The second kappa shape index (κ2) is 3.69. The highest BCUT2D eigenvalue weighted by atomic mass is 32.2. The zero-order valence-electron chi connectivity index (χ0n) is 7.32. The maximum atomic E-state index is 11.9. The molecule has 0 bridgehead atoms. The number of nitrogens with zero attached hydrogens (tertiary/aromatic N) is 1. The Labute approximate surface area is 83.8 Å². The van der Waals surface area contributed by atoms with Gasteiger partial charge >= 0.3 is 6.18 Å². The van der Waals surface area contributed by atoms with Crippen LogP contribution in [0.4, 0.5) is 18.9 Å². The van der Waals surface area contributed by atoms with Gasteiger partial charge in [-0.05, 0) is 6.07 Å². The Morgan fingerprint density at radius 1 is 1.40 bits per heavy atom. The minimum absolute atomic E-state index is 0.290. The van der Waals surface area contributed by atoms with Gasteiger partial charge in [0.1, 0.15) is 0 Å². The topological polar surface area (TPSA) is 73.0 Å². The zero-order valence-corrected chi connectivity index (χ0v) is 8.14. The zero-order chi connectivity index (χ0) is 11.7. The summed E-state index contributed by atoms with van der Waals surface area (Å²) in [4.78, 5) is 2.94. The fourth-order valence-corrected chi connectivity index (χ4v) is 2.24. The highest BCUT2D eigenvalue weighted by molar-refractivity contribution is 7.91. The minimum Gasteiger partial charge on any atom is -0.396 e. The Bertz CT molecular complexity index is 456. The summed E-state index contributed by atoms with van der Waals surface area (Å²) < 4.78 is 58.3. The molecular formula is C7H7F3N2O2S. The van der Waals surface area contributed by atoms with Gasteiger partial charge in [0.05, 0.1) is 16.8 Å². The van der Waals surface area contributed by atoms with E-state index in [4.69, 9.17) is 5.73 Å². The Hall–Kier alpha value is -1.31. The molecule has 1 aromatic heterocycles. The molecule has 0 aliphatic rings. The van der Waals surface area contributed by atoms with Crippen molar-refractivity contribution < 1.29 is 21.6 Å². The van der Waals surface area contributed by atoms with Crippen molar-refractivity contribution in [3.8, 4) is 0 Å². The van der Waals surface area contributed by atoms with Crippen molar-refractivity contribution in [2.24, 2.45) is 0 Å². The smallest absolute Gasteiger partial charge is 0.396 e. The van der Waals surface area contributed by atoms with Crippen LogP contribution in [-0.4, -0.2) is 25.3 Å². The van der Waals surface area contributed by atoms with E-state index < -0.39 is 26.7 Å². The lowest BCUT2D eigenvalue weighted by atomic mass is 10.4. The molecule has 0 radical (unpaired) electrons. The van der Waals surface area contributed by atoms with E-state index in [0.717, 1.165) is 18.5 Å². The number of nitrogen functional groups attached to an aromatic ring is 1. The van der Waals surface area contributed by atoms with E-state index in [1.165, 1.54) is 0 Å². The molecule has 0 saturated heterocycles. The number of halogens is 3. The van der Waals surface area contributed by atoms with Gasteiger partial charge in [0, 0.05) is 6.20 Å². The number of anilines is 1. The van der Waals surface area contributed by atoms with Gasteiger partial charge in [0.15, 0.2) is 15.6 Å². The van der Waals surface area contributed by atoms with Gasteiger partial charge in [-0.3, -0.25) is 4.98 Å². The fraction of sp³-hybridized carbons (Fsp3) is 0.286. The number of hydrogen-bond acceptors (Lipinski definition) is 4. The van der Waals surface area contributed by atoms with Gasteiger partial charge < -0.3 is 5.73 Å². The van der Waals surface area contributed by atoms with Crippen LogP contribution in [0.15, 0.2) is 23.4 Å². The number of rotatable bonds is 2. The predicted molar refractivity (Wildman–Crippen MR) is 46.8 cm³/mol. The quantitative estimate of drug-likeness (QED) is 0.836. The molecule has 0 aliphatic heterocycles. The molecule has 8 heteroatoms. The summed E-state index contributed by atoms with van der Waals surface area (Å²) in [7, 11) is -4.44. The molecule has 0 aliphatic carbocycles. The van der Waals surface area contributed by atoms with Gasteiger partial charge in [0.25, 0.3) is 0 Å². The molecule has 15 heavy (non-hydrogen) atoms. The van der Waals surface area contributed by atoms with Crippen molar-refractivity contribution in [3.63, 3.8) is 0 Å². The molecule has 1 rings (SSSR count). The lowest BCUT2D eigenvalue weighted by Crippen LogP contribution is -2.23. The van der Waals surface area contributed by atoms with Gasteiger partial charge in [-0.1, -0.05) is 0 Å². The number of hydrogen-bond donors (Lipinski definition) is 1. The summed E-state index contributed by atoms with van der Waals surface area (Å²) in [6.45, 7) is 0. The summed E-state index contributed by atoms with van der Waals surface area (Å²) in [5.74, 6) is -1.92. The molecule has 0 atom stereocenters. The lowest BCUT2D eigenvalue weighted by Gasteiger charge is -2.08. The van der Waals surface area contributed by atoms with E-state index in [1.54, 1.807) is 0 Å². The van der Waals surface area contributed by atoms with Crippen molar-refractivity contribution in [3.05, 3.63) is 18.5 Å². The Morgan fingerprint density at radius 3 is 2.47 bits per heavy atom. The Morgan fingerprint density at radius 2 is 2.00 bits per heavy atom. The normalized spacial score (nSPS) is 12.7. The van der Waals surface area contributed by atoms with E-state index in [1.807, 2.05) is 0 Å². The summed E-state index contributed by atoms with van der Waals surface area (Å²) in [6.07, 6.45) is -2.72. The third kappa shape index (κ3) is 3.08. The first-order valence-corrected chi connectivity index (χ1v) is 5.36. The maximum Gasteiger partial charge on any atom is 0.403 e. The highest BCUT2D eigenvalue weighted by Crippen LogP contribution is 2.24. The van der Waals surface area contributed by atoms with Crippen LogP contribution in [0.25, 0.3) is 0 Å². The molecule has 1 heterocycles. The van der Waals surface area contributed by atoms with Crippen LogP contribution in [-0.2, 0) is 9.84 Å². The SMILES string of the molecule is Nc1cnccc1S(=O)(=O)CC(F)(F)F. The standard InChI is InChI=1S/C7H7F3N2O2S/c8-7(9,10)4-15(13,14)6-1-2-12-3-5(6)11/h1-3H,4,11H2. The van der Waals surface area contributed by atoms with E-state index >= 15 is 0 Å². The van der Waals surface area contributed by atoms with Gasteiger partial charge in [-0.15, -0.1) is 0 Å². The third-order valence-electron chi connectivity index (χ3n) is 1.50. The van der Waals surface area contributed by atoms with E-state index in [2.05, 4.69) is 4.98 Å². The first-order valence-electron chi connectivity index (χ1n) is 3.71. The summed E-state index contributed by atoms with van der Waals surface area (Å²) in [5, 5.41) is 0. The van der Waals surface area contributed by atoms with Crippen LogP contribution < -0.4 is 5.73 Å². The number of nitrogens with two attached hydrogens (primary N) is 1. The van der Waals surface area contributed by atoms with Crippen molar-refractivity contribution in [1.29, 1.82) is 0 Å². The average Bonchev–Trinajstić information content (AvgIpc) is 1.99. The van der Waals surface area contributed by atoms with Crippen molar-refractivity contribution in [2.45, 2.75) is 11.1 Å². The molecule has 0 spiro atoms. The van der Waals surface area contributed by atoms with Crippen LogP contribution in [0, 0.1) is 0 Å². The minimum atomic E-state index is -4.78. The Balaban J connectivity index is 3.13. The van der Waals surface area contributed by atoms with Crippen LogP contribution in [0.5, 0.6) is 0 Å². The largest absolute Gasteiger partial charge is 0.403 e. The average molecular weight is 240 g/mol. The van der Waals surface area contributed by atoms with Crippen molar-refractivity contribution in [1.82, 2.24) is 4.98 Å². The number of aromatic nitrogens is 1. The highest BCUT2D eigenvalue weighted by Gasteiger charge is 2.36. The molecule has 4 nitrogen and oxygen atoms in total. The summed E-state index contributed by atoms with van der Waals surface area (Å²) in [5.41, 5.74) is 4.93. The van der Waals surface area contributed by atoms with Crippen LogP contribution >= 0.6 is 0 Å². The van der Waals surface area contributed by atoms with Crippen molar-refractivity contribution in [2.75, 3.05) is 11.5 Å². The third-order valence-corrected chi connectivity index (χ3v) is 3.25. The molecular weight excluding hydrogens is 233 g/mol. The molecule has 1 aromatic rings. The fourth-order valence-electron chi connectivity index (χ4n) is 0.970. The molecule has 84 valence electrons. The second-order valence-electron chi connectivity index (χ2n) is 2.79. The summed E-state index contributed by atoms with van der Waals surface area (Å²) in [6, 6.07) is 0.941. The van der Waals surface area contributed by atoms with Crippen LogP contribution in [0.3, 0.4) is 0 Å². The maximum absolute atomic E-state index is 11.9. The summed E-state index contributed by atoms with van der Waals surface area (Å²) >= 11 is 0. The van der Waals surface area contributed by atoms with E-state index in [9.17, 15) is 21.6 Å². The van der Waals surface area contributed by atoms with Gasteiger partial charge in [0.2, 0.25) is 0 Å².